The second-order valence-electron chi connectivity index (χ2n) is 7.14. The standard InChI is InChI=1S/C22H28ClFN2O3S/c1-3-5-9-17(4-2)15-25-22(27)16-26(18-12-13-21(24)20(23)14-18)30(28,29)19-10-7-6-8-11-19/h6-8,10-14,17H,3-5,9,15-16H2,1-2H3,(H,25,27)/t17-/m1/s1. The number of carbonyl (C=O) groups is 1. The molecule has 0 saturated heterocycles. The first-order valence-corrected chi connectivity index (χ1v) is 11.9. The van der Waals surface area contributed by atoms with Crippen LogP contribution in [0.4, 0.5) is 10.1 Å². The Morgan fingerprint density at radius 1 is 1.17 bits per heavy atom. The lowest BCUT2D eigenvalue weighted by molar-refractivity contribution is -0.119. The molecule has 1 N–H and O–H groups in total. The molecule has 0 unspecified atom stereocenters. The van der Waals surface area contributed by atoms with Crippen molar-refractivity contribution >= 4 is 33.2 Å². The van der Waals surface area contributed by atoms with Gasteiger partial charge in [0.2, 0.25) is 5.91 Å². The average Bonchev–Trinajstić information content (AvgIpc) is 2.74. The SMILES string of the molecule is CCCC[C@@H](CC)CNC(=O)CN(c1ccc(F)c(Cl)c1)S(=O)(=O)c1ccccc1. The number of sulfonamides is 1. The zero-order valence-electron chi connectivity index (χ0n) is 17.3. The van der Waals surface area contributed by atoms with Crippen molar-refractivity contribution in [1.29, 1.82) is 0 Å². The van der Waals surface area contributed by atoms with Gasteiger partial charge >= 0.3 is 0 Å². The molecule has 2 aromatic rings. The van der Waals surface area contributed by atoms with Gasteiger partial charge in [-0.05, 0) is 42.7 Å². The Labute approximate surface area is 183 Å². The Morgan fingerprint density at radius 3 is 2.47 bits per heavy atom. The van der Waals surface area contributed by atoms with Crippen LogP contribution in [0.1, 0.15) is 39.5 Å². The second kappa shape index (κ2) is 11.3. The van der Waals surface area contributed by atoms with E-state index in [0.717, 1.165) is 36.1 Å². The summed E-state index contributed by atoms with van der Waals surface area (Å²) in [5.41, 5.74) is 0.124. The summed E-state index contributed by atoms with van der Waals surface area (Å²) in [4.78, 5) is 12.7. The third-order valence-corrected chi connectivity index (χ3v) is 7.02. The Kier molecular flexibility index (Phi) is 9.11. The molecule has 164 valence electrons. The molecule has 0 saturated carbocycles. The normalized spacial score (nSPS) is 12.4. The van der Waals surface area contributed by atoms with Crippen LogP contribution in [-0.4, -0.2) is 27.4 Å². The zero-order valence-corrected chi connectivity index (χ0v) is 18.8. The monoisotopic (exact) mass is 454 g/mol. The minimum atomic E-state index is -4.05. The summed E-state index contributed by atoms with van der Waals surface area (Å²) < 4.78 is 41.0. The molecule has 1 amide bonds. The van der Waals surface area contributed by atoms with E-state index in [1.807, 2.05) is 0 Å². The number of unbranched alkanes of at least 4 members (excludes halogenated alkanes) is 1. The summed E-state index contributed by atoms with van der Waals surface area (Å²) >= 11 is 5.86. The van der Waals surface area contributed by atoms with Gasteiger partial charge in [0.15, 0.2) is 0 Å². The summed E-state index contributed by atoms with van der Waals surface area (Å²) in [6.07, 6.45) is 4.10. The van der Waals surface area contributed by atoms with Gasteiger partial charge in [0.25, 0.3) is 10.0 Å². The minimum Gasteiger partial charge on any atom is -0.354 e. The molecule has 0 aliphatic heterocycles. The van der Waals surface area contributed by atoms with Crippen molar-refractivity contribution in [3.05, 3.63) is 59.4 Å². The van der Waals surface area contributed by atoms with Crippen LogP contribution in [0.3, 0.4) is 0 Å². The van der Waals surface area contributed by atoms with Gasteiger partial charge in [-0.15, -0.1) is 0 Å². The fourth-order valence-corrected chi connectivity index (χ4v) is 4.67. The number of hydrogen-bond donors (Lipinski definition) is 1. The minimum absolute atomic E-state index is 0.0348. The average molecular weight is 455 g/mol. The molecule has 2 rings (SSSR count). The van der Waals surface area contributed by atoms with Crippen LogP contribution >= 0.6 is 11.6 Å². The number of carbonyl (C=O) groups excluding carboxylic acids is 1. The first-order chi connectivity index (χ1) is 14.3. The van der Waals surface area contributed by atoms with Crippen LogP contribution in [0.15, 0.2) is 53.4 Å². The maximum absolute atomic E-state index is 13.6. The molecule has 1 atom stereocenters. The smallest absolute Gasteiger partial charge is 0.264 e. The molecule has 0 bridgehead atoms. The van der Waals surface area contributed by atoms with E-state index in [-0.39, 0.29) is 15.6 Å². The Bertz CT molecular complexity index is 939. The Hall–Kier alpha value is -2.12. The van der Waals surface area contributed by atoms with E-state index in [9.17, 15) is 17.6 Å². The van der Waals surface area contributed by atoms with E-state index < -0.39 is 28.3 Å². The largest absolute Gasteiger partial charge is 0.354 e. The fourth-order valence-electron chi connectivity index (χ4n) is 3.06. The van der Waals surface area contributed by atoms with Crippen molar-refractivity contribution < 1.29 is 17.6 Å². The topological polar surface area (TPSA) is 66.5 Å². The predicted octanol–water partition coefficient (Wildman–Crippen LogP) is 5.01. The molecule has 2 aromatic carbocycles. The van der Waals surface area contributed by atoms with Crippen LogP contribution in [0, 0.1) is 11.7 Å². The van der Waals surface area contributed by atoms with Crippen molar-refractivity contribution in [3.63, 3.8) is 0 Å². The molecule has 0 radical (unpaired) electrons. The number of benzene rings is 2. The summed E-state index contributed by atoms with van der Waals surface area (Å²) in [6.45, 7) is 4.24. The van der Waals surface area contributed by atoms with Gasteiger partial charge in [0.05, 0.1) is 15.6 Å². The first kappa shape index (κ1) is 24.2. The number of hydrogen-bond acceptors (Lipinski definition) is 3. The van der Waals surface area contributed by atoms with Crippen molar-refractivity contribution in [3.8, 4) is 0 Å². The lowest BCUT2D eigenvalue weighted by Gasteiger charge is -2.25. The van der Waals surface area contributed by atoms with Crippen LogP contribution in [-0.2, 0) is 14.8 Å². The van der Waals surface area contributed by atoms with Gasteiger partial charge < -0.3 is 5.32 Å². The second-order valence-corrected chi connectivity index (χ2v) is 9.41. The molecule has 0 heterocycles. The molecule has 0 spiro atoms. The summed E-state index contributed by atoms with van der Waals surface area (Å²) in [7, 11) is -4.05. The summed E-state index contributed by atoms with van der Waals surface area (Å²) in [5.74, 6) is -0.748. The van der Waals surface area contributed by atoms with Gasteiger partial charge in [0, 0.05) is 6.54 Å². The molecule has 0 aromatic heterocycles. The fraction of sp³-hybridized carbons (Fsp3) is 0.409. The number of halogens is 2. The molecule has 0 fully saturated rings. The van der Waals surface area contributed by atoms with Gasteiger partial charge in [0.1, 0.15) is 12.4 Å². The van der Waals surface area contributed by atoms with E-state index in [1.165, 1.54) is 24.3 Å². The number of anilines is 1. The van der Waals surface area contributed by atoms with E-state index in [0.29, 0.717) is 12.5 Å². The highest BCUT2D eigenvalue weighted by Crippen LogP contribution is 2.27. The Morgan fingerprint density at radius 2 is 1.87 bits per heavy atom. The van der Waals surface area contributed by atoms with E-state index in [1.54, 1.807) is 18.2 Å². The van der Waals surface area contributed by atoms with E-state index >= 15 is 0 Å². The van der Waals surface area contributed by atoms with Crippen LogP contribution in [0.5, 0.6) is 0 Å². The predicted molar refractivity (Wildman–Crippen MR) is 119 cm³/mol. The number of nitrogens with zero attached hydrogens (tertiary/aromatic N) is 1. The van der Waals surface area contributed by atoms with Crippen molar-refractivity contribution in [2.24, 2.45) is 5.92 Å². The summed E-state index contributed by atoms with van der Waals surface area (Å²) in [6, 6.07) is 11.4. The molecule has 30 heavy (non-hydrogen) atoms. The third-order valence-electron chi connectivity index (χ3n) is 4.94. The van der Waals surface area contributed by atoms with Gasteiger partial charge in [-0.2, -0.15) is 0 Å². The van der Waals surface area contributed by atoms with E-state index in [4.69, 9.17) is 11.6 Å². The van der Waals surface area contributed by atoms with Gasteiger partial charge in [-0.25, -0.2) is 12.8 Å². The van der Waals surface area contributed by atoms with Gasteiger partial charge in [-0.1, -0.05) is 62.9 Å². The maximum atomic E-state index is 13.6. The first-order valence-electron chi connectivity index (χ1n) is 10.1. The lowest BCUT2D eigenvalue weighted by atomic mass is 9.99. The molecule has 8 heteroatoms. The molecular formula is C22H28ClFN2O3S. The van der Waals surface area contributed by atoms with Gasteiger partial charge in [-0.3, -0.25) is 9.10 Å². The zero-order chi connectivity index (χ0) is 22.1. The maximum Gasteiger partial charge on any atom is 0.264 e. The lowest BCUT2D eigenvalue weighted by Crippen LogP contribution is -2.42. The highest BCUT2D eigenvalue weighted by atomic mass is 35.5. The van der Waals surface area contributed by atoms with Crippen LogP contribution in [0.25, 0.3) is 0 Å². The molecular weight excluding hydrogens is 427 g/mol. The highest BCUT2D eigenvalue weighted by molar-refractivity contribution is 7.92. The van der Waals surface area contributed by atoms with Crippen molar-refractivity contribution in [2.45, 2.75) is 44.4 Å². The molecule has 5 nitrogen and oxygen atoms in total. The number of amides is 1. The highest BCUT2D eigenvalue weighted by Gasteiger charge is 2.27. The summed E-state index contributed by atoms with van der Waals surface area (Å²) in [5, 5.41) is 2.62. The number of rotatable bonds is 11. The van der Waals surface area contributed by atoms with E-state index in [2.05, 4.69) is 19.2 Å². The quantitative estimate of drug-likeness (QED) is 0.519. The third kappa shape index (κ3) is 6.44. The molecule has 0 aliphatic carbocycles. The van der Waals surface area contributed by atoms with Crippen molar-refractivity contribution in [2.75, 3.05) is 17.4 Å². The van der Waals surface area contributed by atoms with Crippen LogP contribution in [0.2, 0.25) is 5.02 Å². The molecule has 0 aliphatic rings. The number of nitrogens with one attached hydrogen (secondary N) is 1. The van der Waals surface area contributed by atoms with Crippen molar-refractivity contribution in [1.82, 2.24) is 5.32 Å². The van der Waals surface area contributed by atoms with Crippen LogP contribution < -0.4 is 9.62 Å². The Balaban J connectivity index is 2.26.